The molecule has 1 unspecified atom stereocenters. The zero-order valence-corrected chi connectivity index (χ0v) is 15.0. The lowest BCUT2D eigenvalue weighted by molar-refractivity contribution is 0.0166. The number of nitrogens with zero attached hydrogens (tertiary/aromatic N) is 2. The third kappa shape index (κ3) is 4.87. The summed E-state index contributed by atoms with van der Waals surface area (Å²) < 4.78 is 6.25. The van der Waals surface area contributed by atoms with E-state index in [1.54, 1.807) is 6.20 Å². The summed E-state index contributed by atoms with van der Waals surface area (Å²) in [5.41, 5.74) is 7.33. The Bertz CT molecular complexity index is 543. The molecule has 5 nitrogen and oxygen atoms in total. The molecule has 0 aliphatic carbocycles. The third-order valence-corrected chi connectivity index (χ3v) is 4.10. The fraction of sp³-hybridized carbons (Fsp3) is 0.625. The first kappa shape index (κ1) is 17.1. The highest BCUT2D eigenvalue weighted by atomic mass is 79.9. The number of piperidine rings is 1. The van der Waals surface area contributed by atoms with Gasteiger partial charge in [0.15, 0.2) is 0 Å². The van der Waals surface area contributed by atoms with E-state index >= 15 is 0 Å². The van der Waals surface area contributed by atoms with E-state index in [-0.39, 0.29) is 6.09 Å². The lowest BCUT2D eigenvalue weighted by Crippen LogP contribution is -2.43. The normalized spacial score (nSPS) is 19.1. The number of rotatable bonds is 2. The van der Waals surface area contributed by atoms with E-state index in [1.165, 1.54) is 0 Å². The van der Waals surface area contributed by atoms with Crippen LogP contribution >= 0.6 is 15.9 Å². The van der Waals surface area contributed by atoms with Crippen LogP contribution in [0.25, 0.3) is 0 Å². The molecular formula is C16H24BrN3O2. The summed E-state index contributed by atoms with van der Waals surface area (Å²) in [6.45, 7) is 7.15. The van der Waals surface area contributed by atoms with Crippen LogP contribution in [0.3, 0.4) is 0 Å². The molecule has 1 amide bonds. The number of carbonyl (C=O) groups excluding carboxylic acids is 1. The fourth-order valence-corrected chi connectivity index (χ4v) is 3.07. The first-order valence-corrected chi connectivity index (χ1v) is 8.42. The van der Waals surface area contributed by atoms with Crippen LogP contribution in [-0.2, 0) is 11.2 Å². The van der Waals surface area contributed by atoms with E-state index < -0.39 is 5.60 Å². The molecule has 0 aromatic carbocycles. The molecule has 0 saturated carbocycles. The number of aromatic nitrogens is 1. The van der Waals surface area contributed by atoms with E-state index in [1.807, 2.05) is 31.7 Å². The van der Waals surface area contributed by atoms with Crippen molar-refractivity contribution in [2.45, 2.75) is 45.6 Å². The molecule has 1 aliphatic rings. The summed E-state index contributed by atoms with van der Waals surface area (Å²) >= 11 is 3.38. The van der Waals surface area contributed by atoms with Crippen molar-refractivity contribution in [1.29, 1.82) is 0 Å². The molecule has 0 spiro atoms. The van der Waals surface area contributed by atoms with E-state index in [0.717, 1.165) is 36.0 Å². The number of carbonyl (C=O) groups is 1. The summed E-state index contributed by atoms with van der Waals surface area (Å²) in [5.74, 6) is 0.401. The highest BCUT2D eigenvalue weighted by Crippen LogP contribution is 2.25. The predicted molar refractivity (Wildman–Crippen MR) is 90.6 cm³/mol. The first-order chi connectivity index (χ1) is 10.2. The topological polar surface area (TPSA) is 68.5 Å². The quantitative estimate of drug-likeness (QED) is 0.808. The zero-order valence-electron chi connectivity index (χ0n) is 13.4. The van der Waals surface area contributed by atoms with Gasteiger partial charge in [-0.1, -0.05) is 0 Å². The molecule has 1 aromatic heterocycles. The van der Waals surface area contributed by atoms with E-state index in [0.29, 0.717) is 18.2 Å². The van der Waals surface area contributed by atoms with Crippen molar-refractivity contribution < 1.29 is 9.53 Å². The summed E-state index contributed by atoms with van der Waals surface area (Å²) in [6.07, 6.45) is 4.40. The van der Waals surface area contributed by atoms with Gasteiger partial charge < -0.3 is 15.4 Å². The number of ether oxygens (including phenoxy) is 1. The molecule has 2 N–H and O–H groups in total. The Hall–Kier alpha value is -1.30. The van der Waals surface area contributed by atoms with Crippen LogP contribution < -0.4 is 5.73 Å². The third-order valence-electron chi connectivity index (χ3n) is 3.67. The largest absolute Gasteiger partial charge is 0.444 e. The number of nitrogen functional groups attached to an aromatic ring is 1. The highest BCUT2D eigenvalue weighted by Gasteiger charge is 2.28. The summed E-state index contributed by atoms with van der Waals surface area (Å²) in [6, 6.07) is 1.96. The Balaban J connectivity index is 1.98. The maximum absolute atomic E-state index is 12.2. The Labute approximate surface area is 140 Å². The standard InChI is InChI=1S/C16H24BrN3O2/c1-16(2,3)22-15(21)20-6-4-5-11(10-20)7-12-8-14(17)19-9-13(12)18/h8-9,11H,4-7,10,18H2,1-3H3. The molecule has 0 radical (unpaired) electrons. The fourth-order valence-electron chi connectivity index (χ4n) is 2.69. The minimum atomic E-state index is -0.454. The molecule has 1 saturated heterocycles. The maximum Gasteiger partial charge on any atom is 0.410 e. The Morgan fingerprint density at radius 1 is 1.55 bits per heavy atom. The number of amides is 1. The number of halogens is 1. The monoisotopic (exact) mass is 369 g/mol. The molecule has 0 bridgehead atoms. The van der Waals surface area contributed by atoms with Crippen LogP contribution in [0.2, 0.25) is 0 Å². The number of pyridine rings is 1. The second kappa shape index (κ2) is 6.86. The van der Waals surface area contributed by atoms with E-state index in [4.69, 9.17) is 10.5 Å². The first-order valence-electron chi connectivity index (χ1n) is 7.62. The SMILES string of the molecule is CC(C)(C)OC(=O)N1CCCC(Cc2cc(Br)ncc2N)C1. The Kier molecular flexibility index (Phi) is 5.32. The molecule has 2 rings (SSSR count). The predicted octanol–water partition coefficient (Wildman–Crippen LogP) is 3.62. The van der Waals surface area contributed by atoms with Crippen molar-refractivity contribution in [1.82, 2.24) is 9.88 Å². The van der Waals surface area contributed by atoms with Gasteiger partial charge in [0.1, 0.15) is 10.2 Å². The Morgan fingerprint density at radius 3 is 2.95 bits per heavy atom. The van der Waals surface area contributed by atoms with Crippen LogP contribution in [0.4, 0.5) is 10.5 Å². The van der Waals surface area contributed by atoms with E-state index in [9.17, 15) is 4.79 Å². The van der Waals surface area contributed by atoms with Crippen molar-refractivity contribution >= 4 is 27.7 Å². The Morgan fingerprint density at radius 2 is 2.27 bits per heavy atom. The molecule has 1 atom stereocenters. The smallest absolute Gasteiger partial charge is 0.410 e. The number of hydrogen-bond acceptors (Lipinski definition) is 4. The van der Waals surface area contributed by atoms with Gasteiger partial charge in [-0.25, -0.2) is 9.78 Å². The summed E-state index contributed by atoms with van der Waals surface area (Å²) in [5, 5.41) is 0. The van der Waals surface area contributed by atoms with Gasteiger partial charge in [-0.15, -0.1) is 0 Å². The number of likely N-dealkylation sites (tertiary alicyclic amines) is 1. The van der Waals surface area contributed by atoms with Gasteiger partial charge >= 0.3 is 6.09 Å². The van der Waals surface area contributed by atoms with Crippen molar-refractivity contribution in [3.8, 4) is 0 Å². The van der Waals surface area contributed by atoms with E-state index in [2.05, 4.69) is 20.9 Å². The van der Waals surface area contributed by atoms with Crippen molar-refractivity contribution in [2.75, 3.05) is 18.8 Å². The van der Waals surface area contributed by atoms with Gasteiger partial charge in [-0.05, 0) is 73.5 Å². The van der Waals surface area contributed by atoms with Crippen LogP contribution in [-0.4, -0.2) is 34.7 Å². The lowest BCUT2D eigenvalue weighted by Gasteiger charge is -2.34. The van der Waals surface area contributed by atoms with Gasteiger partial charge in [0.2, 0.25) is 0 Å². The molecule has 1 aliphatic heterocycles. The minimum Gasteiger partial charge on any atom is -0.444 e. The number of anilines is 1. The summed E-state index contributed by atoms with van der Waals surface area (Å²) in [7, 11) is 0. The van der Waals surface area contributed by atoms with Gasteiger partial charge in [0.05, 0.1) is 11.9 Å². The van der Waals surface area contributed by atoms with Crippen LogP contribution in [0.1, 0.15) is 39.2 Å². The van der Waals surface area contributed by atoms with Crippen molar-refractivity contribution in [3.05, 3.63) is 22.4 Å². The number of hydrogen-bond donors (Lipinski definition) is 1. The van der Waals surface area contributed by atoms with Gasteiger partial charge in [-0.3, -0.25) is 0 Å². The van der Waals surface area contributed by atoms with Crippen molar-refractivity contribution in [2.24, 2.45) is 5.92 Å². The molecule has 22 heavy (non-hydrogen) atoms. The summed E-state index contributed by atoms with van der Waals surface area (Å²) in [4.78, 5) is 18.1. The number of nitrogens with two attached hydrogens (primary N) is 1. The molecule has 1 fully saturated rings. The molecular weight excluding hydrogens is 346 g/mol. The van der Waals surface area contributed by atoms with Gasteiger partial charge in [-0.2, -0.15) is 0 Å². The second-order valence-corrected chi connectivity index (χ2v) is 7.66. The zero-order chi connectivity index (χ0) is 16.3. The average molecular weight is 370 g/mol. The minimum absolute atomic E-state index is 0.221. The molecule has 6 heteroatoms. The van der Waals surface area contributed by atoms with Crippen LogP contribution in [0.15, 0.2) is 16.9 Å². The van der Waals surface area contributed by atoms with Gasteiger partial charge in [0, 0.05) is 13.1 Å². The molecule has 1 aromatic rings. The average Bonchev–Trinajstić information content (AvgIpc) is 2.41. The lowest BCUT2D eigenvalue weighted by atomic mass is 9.91. The van der Waals surface area contributed by atoms with Crippen LogP contribution in [0.5, 0.6) is 0 Å². The maximum atomic E-state index is 12.2. The highest BCUT2D eigenvalue weighted by molar-refractivity contribution is 9.10. The molecule has 2 heterocycles. The van der Waals surface area contributed by atoms with Gasteiger partial charge in [0.25, 0.3) is 0 Å². The second-order valence-electron chi connectivity index (χ2n) is 6.84. The molecule has 122 valence electrons. The van der Waals surface area contributed by atoms with Crippen molar-refractivity contribution in [3.63, 3.8) is 0 Å². The van der Waals surface area contributed by atoms with Crippen LogP contribution in [0, 0.1) is 5.92 Å².